The van der Waals surface area contributed by atoms with Crippen LogP contribution in [0.3, 0.4) is 0 Å². The standard InChI is InChI=1S/C21H28O6/c1-5-13-8-10-14(11-9-13)16-17(19(23)26-6-2)15(22)12-21(4,25)18(16)20(24)27-7-3/h8-11,16-18,25H,5-7,12H2,1-4H3. The summed E-state index contributed by atoms with van der Waals surface area (Å²) in [6.45, 7) is 7.08. The van der Waals surface area contributed by atoms with Gasteiger partial charge in [0.1, 0.15) is 5.92 Å². The average molecular weight is 376 g/mol. The van der Waals surface area contributed by atoms with Gasteiger partial charge in [0.05, 0.1) is 24.7 Å². The molecular weight excluding hydrogens is 348 g/mol. The Morgan fingerprint density at radius 2 is 1.63 bits per heavy atom. The van der Waals surface area contributed by atoms with Crippen LogP contribution in [0.2, 0.25) is 0 Å². The molecule has 1 fully saturated rings. The molecule has 0 amide bonds. The maximum Gasteiger partial charge on any atom is 0.317 e. The van der Waals surface area contributed by atoms with Crippen LogP contribution >= 0.6 is 0 Å². The number of benzene rings is 1. The van der Waals surface area contributed by atoms with Crippen molar-refractivity contribution in [2.75, 3.05) is 13.2 Å². The summed E-state index contributed by atoms with van der Waals surface area (Å²) in [4.78, 5) is 38.0. The van der Waals surface area contributed by atoms with Crippen molar-refractivity contribution in [3.63, 3.8) is 0 Å². The number of hydrogen-bond donors (Lipinski definition) is 1. The second-order valence-corrected chi connectivity index (χ2v) is 7.08. The van der Waals surface area contributed by atoms with E-state index in [0.717, 1.165) is 12.0 Å². The topological polar surface area (TPSA) is 89.9 Å². The van der Waals surface area contributed by atoms with Crippen LogP contribution < -0.4 is 0 Å². The fourth-order valence-corrected chi connectivity index (χ4v) is 3.86. The van der Waals surface area contributed by atoms with Crippen molar-refractivity contribution >= 4 is 17.7 Å². The van der Waals surface area contributed by atoms with Crippen LogP contribution in [0.4, 0.5) is 0 Å². The first-order chi connectivity index (χ1) is 12.8. The first-order valence-corrected chi connectivity index (χ1v) is 9.43. The second-order valence-electron chi connectivity index (χ2n) is 7.08. The fraction of sp³-hybridized carbons (Fsp3) is 0.571. The van der Waals surface area contributed by atoms with Gasteiger partial charge in [-0.1, -0.05) is 31.2 Å². The highest BCUT2D eigenvalue weighted by Crippen LogP contribution is 2.46. The Bertz CT molecular complexity index is 691. The zero-order chi connectivity index (χ0) is 20.2. The van der Waals surface area contributed by atoms with Gasteiger partial charge in [-0.05, 0) is 38.3 Å². The Balaban J connectivity index is 2.59. The minimum absolute atomic E-state index is 0.130. The van der Waals surface area contributed by atoms with E-state index in [4.69, 9.17) is 9.47 Å². The fourth-order valence-electron chi connectivity index (χ4n) is 3.86. The zero-order valence-electron chi connectivity index (χ0n) is 16.4. The number of ketones is 1. The molecule has 0 aliphatic heterocycles. The Labute approximate surface area is 159 Å². The van der Waals surface area contributed by atoms with Crippen molar-refractivity contribution in [2.24, 2.45) is 11.8 Å². The summed E-state index contributed by atoms with van der Waals surface area (Å²) in [5.41, 5.74) is 0.116. The lowest BCUT2D eigenvalue weighted by atomic mass is 9.61. The van der Waals surface area contributed by atoms with E-state index in [1.165, 1.54) is 6.92 Å². The first-order valence-electron chi connectivity index (χ1n) is 9.43. The summed E-state index contributed by atoms with van der Waals surface area (Å²) in [7, 11) is 0. The normalized spacial score (nSPS) is 27.9. The molecule has 27 heavy (non-hydrogen) atoms. The van der Waals surface area contributed by atoms with Crippen molar-refractivity contribution in [2.45, 2.75) is 52.1 Å². The smallest absolute Gasteiger partial charge is 0.317 e. The van der Waals surface area contributed by atoms with Crippen LogP contribution in [-0.4, -0.2) is 41.6 Å². The average Bonchev–Trinajstić information content (AvgIpc) is 2.60. The monoisotopic (exact) mass is 376 g/mol. The third-order valence-corrected chi connectivity index (χ3v) is 5.12. The molecule has 6 nitrogen and oxygen atoms in total. The molecule has 1 aliphatic rings. The number of Topliss-reactive ketones (excluding diaryl/α,β-unsaturated/α-hetero) is 1. The van der Waals surface area contributed by atoms with Crippen molar-refractivity contribution in [1.82, 2.24) is 0 Å². The number of esters is 2. The van der Waals surface area contributed by atoms with Gasteiger partial charge < -0.3 is 14.6 Å². The molecule has 4 atom stereocenters. The van der Waals surface area contributed by atoms with Crippen molar-refractivity contribution < 1.29 is 29.0 Å². The molecule has 0 radical (unpaired) electrons. The number of hydrogen-bond acceptors (Lipinski definition) is 6. The van der Waals surface area contributed by atoms with E-state index in [1.54, 1.807) is 26.0 Å². The summed E-state index contributed by atoms with van der Waals surface area (Å²) < 4.78 is 10.3. The quantitative estimate of drug-likeness (QED) is 0.606. The molecule has 1 aromatic rings. The van der Waals surface area contributed by atoms with E-state index in [-0.39, 0.29) is 19.6 Å². The van der Waals surface area contributed by atoms with E-state index >= 15 is 0 Å². The number of carbonyl (C=O) groups excluding carboxylic acids is 3. The highest BCUT2D eigenvalue weighted by atomic mass is 16.5. The molecule has 6 heteroatoms. The van der Waals surface area contributed by atoms with Crippen LogP contribution in [-0.2, 0) is 30.3 Å². The molecule has 1 aliphatic carbocycles. The maximum atomic E-state index is 12.7. The van der Waals surface area contributed by atoms with E-state index in [1.807, 2.05) is 19.1 Å². The van der Waals surface area contributed by atoms with Gasteiger partial charge in [-0.2, -0.15) is 0 Å². The molecule has 0 bridgehead atoms. The predicted molar refractivity (Wildman–Crippen MR) is 99.1 cm³/mol. The Hall–Kier alpha value is -2.21. The van der Waals surface area contributed by atoms with Crippen molar-refractivity contribution in [3.8, 4) is 0 Å². The zero-order valence-corrected chi connectivity index (χ0v) is 16.4. The van der Waals surface area contributed by atoms with Gasteiger partial charge >= 0.3 is 11.9 Å². The van der Waals surface area contributed by atoms with Crippen LogP contribution in [0.5, 0.6) is 0 Å². The number of aryl methyl sites for hydroxylation is 1. The minimum Gasteiger partial charge on any atom is -0.466 e. The lowest BCUT2D eigenvalue weighted by Gasteiger charge is -2.43. The molecule has 0 spiro atoms. The van der Waals surface area contributed by atoms with Crippen molar-refractivity contribution in [3.05, 3.63) is 35.4 Å². The van der Waals surface area contributed by atoms with Gasteiger partial charge in [-0.15, -0.1) is 0 Å². The van der Waals surface area contributed by atoms with E-state index in [0.29, 0.717) is 5.56 Å². The van der Waals surface area contributed by atoms with Gasteiger partial charge in [-0.25, -0.2) is 0 Å². The second kappa shape index (κ2) is 8.65. The lowest BCUT2D eigenvalue weighted by molar-refractivity contribution is -0.172. The van der Waals surface area contributed by atoms with Crippen LogP contribution in [0.15, 0.2) is 24.3 Å². The Kier molecular flexibility index (Phi) is 6.76. The summed E-state index contributed by atoms with van der Waals surface area (Å²) >= 11 is 0. The molecule has 148 valence electrons. The third-order valence-electron chi connectivity index (χ3n) is 5.12. The summed E-state index contributed by atoms with van der Waals surface area (Å²) in [5.74, 6) is -4.75. The minimum atomic E-state index is -1.61. The molecule has 0 heterocycles. The molecule has 2 rings (SSSR count). The molecule has 1 saturated carbocycles. The number of aliphatic hydroxyl groups is 1. The first kappa shape index (κ1) is 21.1. The number of ether oxygens (including phenoxy) is 2. The summed E-state index contributed by atoms with van der Waals surface area (Å²) in [5, 5.41) is 10.9. The molecular formula is C21H28O6. The molecule has 1 aromatic carbocycles. The van der Waals surface area contributed by atoms with E-state index in [9.17, 15) is 19.5 Å². The van der Waals surface area contributed by atoms with Crippen LogP contribution in [0, 0.1) is 11.8 Å². The number of carbonyl (C=O) groups is 3. The van der Waals surface area contributed by atoms with Gasteiger partial charge in [0.25, 0.3) is 0 Å². The predicted octanol–water partition coefficient (Wildman–Crippen LogP) is 2.42. The van der Waals surface area contributed by atoms with Gasteiger partial charge in [0, 0.05) is 12.3 Å². The van der Waals surface area contributed by atoms with Crippen LogP contribution in [0.25, 0.3) is 0 Å². The third kappa shape index (κ3) is 4.38. The molecule has 4 unspecified atom stereocenters. The highest BCUT2D eigenvalue weighted by molar-refractivity contribution is 6.02. The van der Waals surface area contributed by atoms with Gasteiger partial charge in [-0.3, -0.25) is 14.4 Å². The summed E-state index contributed by atoms with van der Waals surface area (Å²) in [6.07, 6.45) is 0.535. The van der Waals surface area contributed by atoms with E-state index < -0.39 is 41.1 Å². The molecule has 1 N–H and O–H groups in total. The van der Waals surface area contributed by atoms with Crippen LogP contribution in [0.1, 0.15) is 51.2 Å². The van der Waals surface area contributed by atoms with Gasteiger partial charge in [0.15, 0.2) is 5.78 Å². The van der Waals surface area contributed by atoms with Crippen molar-refractivity contribution in [1.29, 1.82) is 0 Å². The molecule has 0 saturated heterocycles. The van der Waals surface area contributed by atoms with E-state index in [2.05, 4.69) is 0 Å². The summed E-state index contributed by atoms with van der Waals surface area (Å²) in [6, 6.07) is 7.40. The Morgan fingerprint density at radius 3 is 2.15 bits per heavy atom. The lowest BCUT2D eigenvalue weighted by Crippen LogP contribution is -2.55. The SMILES string of the molecule is CCOC(=O)C1C(=O)CC(C)(O)C(C(=O)OCC)C1c1ccc(CC)cc1. The molecule has 0 aromatic heterocycles. The highest BCUT2D eigenvalue weighted by Gasteiger charge is 2.57. The number of rotatable bonds is 6. The van der Waals surface area contributed by atoms with Gasteiger partial charge in [0.2, 0.25) is 0 Å². The largest absolute Gasteiger partial charge is 0.466 e. The Morgan fingerprint density at radius 1 is 1.07 bits per heavy atom. The maximum absolute atomic E-state index is 12.7.